The first kappa shape index (κ1) is 17.9. The molecular formula is C17H20N2O4S2. The average Bonchev–Trinajstić information content (AvgIpc) is 3.31. The van der Waals surface area contributed by atoms with Crippen LogP contribution in [0.5, 0.6) is 5.75 Å². The van der Waals surface area contributed by atoms with Gasteiger partial charge in [-0.25, -0.2) is 8.42 Å². The van der Waals surface area contributed by atoms with Gasteiger partial charge in [-0.3, -0.25) is 4.79 Å². The zero-order valence-electron chi connectivity index (χ0n) is 13.9. The molecular weight excluding hydrogens is 360 g/mol. The van der Waals surface area contributed by atoms with Gasteiger partial charge in [-0.2, -0.15) is 4.31 Å². The molecule has 1 aliphatic rings. The lowest BCUT2D eigenvalue weighted by molar-refractivity contribution is 0.0952. The molecule has 0 saturated carbocycles. The third kappa shape index (κ3) is 3.86. The van der Waals surface area contributed by atoms with Crippen molar-refractivity contribution < 1.29 is 17.9 Å². The van der Waals surface area contributed by atoms with E-state index < -0.39 is 10.0 Å². The van der Waals surface area contributed by atoms with Crippen LogP contribution in [0.3, 0.4) is 0 Å². The molecule has 1 aromatic heterocycles. The van der Waals surface area contributed by atoms with Crippen LogP contribution < -0.4 is 10.1 Å². The van der Waals surface area contributed by atoms with Crippen molar-refractivity contribution >= 4 is 27.3 Å². The molecule has 1 N–H and O–H groups in total. The van der Waals surface area contributed by atoms with Crippen molar-refractivity contribution in [3.63, 3.8) is 0 Å². The predicted molar refractivity (Wildman–Crippen MR) is 96.5 cm³/mol. The molecule has 3 rings (SSSR count). The third-order valence-electron chi connectivity index (χ3n) is 4.11. The molecule has 25 heavy (non-hydrogen) atoms. The van der Waals surface area contributed by atoms with Crippen molar-refractivity contribution in [1.82, 2.24) is 9.62 Å². The van der Waals surface area contributed by atoms with Crippen LogP contribution in [-0.2, 0) is 16.6 Å². The van der Waals surface area contributed by atoms with Crippen LogP contribution in [-0.4, -0.2) is 38.8 Å². The lowest BCUT2D eigenvalue weighted by atomic mass is 10.2. The number of nitrogens with zero attached hydrogens (tertiary/aromatic N) is 1. The smallest absolute Gasteiger partial charge is 0.263 e. The highest BCUT2D eigenvalue weighted by molar-refractivity contribution is 7.89. The standard InChI is InChI=1S/C17H20N2O4S2/c1-23-14-6-4-5-13(11-14)12-18-17(20)16-15(7-10-24-16)25(21,22)19-8-2-3-9-19/h4-7,10-11H,2-3,8-9,12H2,1H3,(H,18,20). The maximum Gasteiger partial charge on any atom is 0.263 e. The Hall–Kier alpha value is -1.90. The number of rotatable bonds is 6. The van der Waals surface area contributed by atoms with Crippen LogP contribution in [0.1, 0.15) is 28.1 Å². The van der Waals surface area contributed by atoms with E-state index in [1.54, 1.807) is 12.5 Å². The van der Waals surface area contributed by atoms with Gasteiger partial charge in [-0.05, 0) is 42.0 Å². The molecule has 0 bridgehead atoms. The van der Waals surface area contributed by atoms with E-state index in [9.17, 15) is 13.2 Å². The van der Waals surface area contributed by atoms with E-state index in [1.807, 2.05) is 24.3 Å². The van der Waals surface area contributed by atoms with E-state index in [4.69, 9.17) is 4.74 Å². The summed E-state index contributed by atoms with van der Waals surface area (Å²) in [6, 6.07) is 8.88. The summed E-state index contributed by atoms with van der Waals surface area (Å²) >= 11 is 1.14. The molecule has 1 fully saturated rings. The number of hydrogen-bond acceptors (Lipinski definition) is 5. The Labute approximate surface area is 151 Å². The summed E-state index contributed by atoms with van der Waals surface area (Å²) < 4.78 is 32.0. The Morgan fingerprint density at radius 3 is 2.76 bits per heavy atom. The predicted octanol–water partition coefficient (Wildman–Crippen LogP) is 2.47. The fourth-order valence-electron chi connectivity index (χ4n) is 2.78. The van der Waals surface area contributed by atoms with Crippen molar-refractivity contribution in [2.24, 2.45) is 0 Å². The highest BCUT2D eigenvalue weighted by atomic mass is 32.2. The normalized spacial score (nSPS) is 15.2. The van der Waals surface area contributed by atoms with Crippen LogP contribution in [0.15, 0.2) is 40.6 Å². The number of ether oxygens (including phenoxy) is 1. The molecule has 8 heteroatoms. The first-order valence-corrected chi connectivity index (χ1v) is 10.3. The van der Waals surface area contributed by atoms with Gasteiger partial charge in [0.15, 0.2) is 0 Å². The van der Waals surface area contributed by atoms with Gasteiger partial charge in [0.25, 0.3) is 5.91 Å². The fourth-order valence-corrected chi connectivity index (χ4v) is 5.61. The quantitative estimate of drug-likeness (QED) is 0.835. The van der Waals surface area contributed by atoms with Gasteiger partial charge in [-0.15, -0.1) is 11.3 Å². The topological polar surface area (TPSA) is 75.7 Å². The maximum absolute atomic E-state index is 12.7. The molecule has 0 atom stereocenters. The monoisotopic (exact) mass is 380 g/mol. The second kappa shape index (κ2) is 7.55. The Kier molecular flexibility index (Phi) is 5.41. The van der Waals surface area contributed by atoms with Crippen molar-refractivity contribution in [3.8, 4) is 5.75 Å². The SMILES string of the molecule is COc1cccc(CNC(=O)c2sccc2S(=O)(=O)N2CCCC2)c1. The number of carbonyl (C=O) groups is 1. The molecule has 6 nitrogen and oxygen atoms in total. The van der Waals surface area contributed by atoms with E-state index in [0.717, 1.165) is 29.7 Å². The zero-order valence-corrected chi connectivity index (χ0v) is 15.5. The molecule has 1 aromatic carbocycles. The number of hydrogen-bond donors (Lipinski definition) is 1. The molecule has 0 spiro atoms. The van der Waals surface area contributed by atoms with Crippen molar-refractivity contribution in [2.75, 3.05) is 20.2 Å². The highest BCUT2D eigenvalue weighted by Crippen LogP contribution is 2.27. The number of methoxy groups -OCH3 is 1. The highest BCUT2D eigenvalue weighted by Gasteiger charge is 2.31. The van der Waals surface area contributed by atoms with Gasteiger partial charge in [-0.1, -0.05) is 12.1 Å². The van der Waals surface area contributed by atoms with Gasteiger partial charge in [0, 0.05) is 19.6 Å². The first-order chi connectivity index (χ1) is 12.0. The van der Waals surface area contributed by atoms with Crippen LogP contribution in [0.2, 0.25) is 0 Å². The maximum atomic E-state index is 12.7. The number of nitrogens with one attached hydrogen (secondary N) is 1. The van der Waals surface area contributed by atoms with Crippen molar-refractivity contribution in [1.29, 1.82) is 0 Å². The molecule has 0 unspecified atom stereocenters. The van der Waals surface area contributed by atoms with Gasteiger partial charge in [0.1, 0.15) is 15.5 Å². The fraction of sp³-hybridized carbons (Fsp3) is 0.353. The number of thiophene rings is 1. The number of carbonyl (C=O) groups excluding carboxylic acids is 1. The van der Waals surface area contributed by atoms with Gasteiger partial charge in [0.2, 0.25) is 10.0 Å². The van der Waals surface area contributed by atoms with E-state index in [0.29, 0.717) is 25.4 Å². The van der Waals surface area contributed by atoms with Gasteiger partial charge >= 0.3 is 0 Å². The molecule has 1 aliphatic heterocycles. The molecule has 134 valence electrons. The second-order valence-electron chi connectivity index (χ2n) is 5.76. The van der Waals surface area contributed by atoms with E-state index >= 15 is 0 Å². The van der Waals surface area contributed by atoms with Crippen molar-refractivity contribution in [3.05, 3.63) is 46.2 Å². The minimum atomic E-state index is -3.60. The number of amides is 1. The molecule has 1 amide bonds. The summed E-state index contributed by atoms with van der Waals surface area (Å²) in [6.07, 6.45) is 1.72. The van der Waals surface area contributed by atoms with Crippen LogP contribution in [0.25, 0.3) is 0 Å². The Morgan fingerprint density at radius 1 is 1.28 bits per heavy atom. The lowest BCUT2D eigenvalue weighted by Crippen LogP contribution is -2.30. The summed E-state index contributed by atoms with van der Waals surface area (Å²) in [5, 5.41) is 4.43. The molecule has 2 heterocycles. The molecule has 2 aromatic rings. The Bertz CT molecular complexity index is 855. The summed E-state index contributed by atoms with van der Waals surface area (Å²) in [7, 11) is -2.02. The summed E-state index contributed by atoms with van der Waals surface area (Å²) in [6.45, 7) is 1.34. The third-order valence-corrected chi connectivity index (χ3v) is 7.09. The van der Waals surface area contributed by atoms with Crippen molar-refractivity contribution in [2.45, 2.75) is 24.3 Å². The number of benzene rings is 1. The summed E-state index contributed by atoms with van der Waals surface area (Å²) in [5.74, 6) is 0.329. The van der Waals surface area contributed by atoms with Crippen LogP contribution in [0.4, 0.5) is 0 Å². The van der Waals surface area contributed by atoms with Crippen LogP contribution >= 0.6 is 11.3 Å². The van der Waals surface area contributed by atoms with Crippen LogP contribution in [0, 0.1) is 0 Å². The minimum absolute atomic E-state index is 0.0996. The van der Waals surface area contributed by atoms with E-state index in [1.165, 1.54) is 10.4 Å². The number of sulfonamides is 1. The summed E-state index contributed by atoms with van der Waals surface area (Å²) in [5.41, 5.74) is 0.883. The Balaban J connectivity index is 1.74. The first-order valence-electron chi connectivity index (χ1n) is 8.01. The van der Waals surface area contributed by atoms with E-state index in [-0.39, 0.29) is 15.7 Å². The Morgan fingerprint density at radius 2 is 2.04 bits per heavy atom. The summed E-state index contributed by atoms with van der Waals surface area (Å²) in [4.78, 5) is 12.8. The van der Waals surface area contributed by atoms with Gasteiger partial charge < -0.3 is 10.1 Å². The molecule has 1 saturated heterocycles. The second-order valence-corrected chi connectivity index (χ2v) is 8.58. The van der Waals surface area contributed by atoms with Gasteiger partial charge in [0.05, 0.1) is 7.11 Å². The lowest BCUT2D eigenvalue weighted by Gasteiger charge is -2.15. The largest absolute Gasteiger partial charge is 0.497 e. The molecule has 0 radical (unpaired) electrons. The average molecular weight is 380 g/mol. The van der Waals surface area contributed by atoms with E-state index in [2.05, 4.69) is 5.32 Å². The minimum Gasteiger partial charge on any atom is -0.497 e. The zero-order chi connectivity index (χ0) is 17.9. The molecule has 0 aliphatic carbocycles.